The maximum atomic E-state index is 13.0. The third kappa shape index (κ3) is 3.89. The van der Waals surface area contributed by atoms with Gasteiger partial charge in [0.1, 0.15) is 18.2 Å². The van der Waals surface area contributed by atoms with E-state index in [9.17, 15) is 4.79 Å². The zero-order chi connectivity index (χ0) is 20.3. The number of hydrogen-bond donors (Lipinski definition) is 0. The summed E-state index contributed by atoms with van der Waals surface area (Å²) in [6.07, 6.45) is 6.07. The van der Waals surface area contributed by atoms with Crippen LogP contribution in [0.25, 0.3) is 5.65 Å². The highest BCUT2D eigenvalue weighted by molar-refractivity contribution is 5.94. The van der Waals surface area contributed by atoms with Crippen LogP contribution in [-0.2, 0) is 4.74 Å². The molecule has 0 aliphatic carbocycles. The van der Waals surface area contributed by atoms with Crippen LogP contribution in [0.5, 0.6) is 5.75 Å². The SMILES string of the molecule is O=C(c1cccc(OC[C@@H]2CCCO2)c1)N1CCC(c2nnc3ccccn23)CC1. The molecule has 2 aromatic heterocycles. The van der Waals surface area contributed by atoms with E-state index in [4.69, 9.17) is 9.47 Å². The van der Waals surface area contributed by atoms with Crippen molar-refractivity contribution in [2.45, 2.75) is 37.7 Å². The Morgan fingerprint density at radius 2 is 2.00 bits per heavy atom. The lowest BCUT2D eigenvalue weighted by molar-refractivity contribution is 0.0674. The zero-order valence-electron chi connectivity index (χ0n) is 16.9. The van der Waals surface area contributed by atoms with Crippen molar-refractivity contribution in [1.82, 2.24) is 19.5 Å². The molecule has 7 heteroatoms. The maximum Gasteiger partial charge on any atom is 0.253 e. The van der Waals surface area contributed by atoms with E-state index in [-0.39, 0.29) is 12.0 Å². The summed E-state index contributed by atoms with van der Waals surface area (Å²) >= 11 is 0. The molecule has 7 nitrogen and oxygen atoms in total. The Kier molecular flexibility index (Phi) is 5.36. The molecule has 0 N–H and O–H groups in total. The van der Waals surface area contributed by atoms with E-state index in [2.05, 4.69) is 14.6 Å². The molecule has 4 heterocycles. The number of ether oxygens (including phenoxy) is 2. The fourth-order valence-electron chi connectivity index (χ4n) is 4.35. The Morgan fingerprint density at radius 1 is 1.10 bits per heavy atom. The van der Waals surface area contributed by atoms with Crippen molar-refractivity contribution in [2.75, 3.05) is 26.3 Å². The lowest BCUT2D eigenvalue weighted by Crippen LogP contribution is -2.38. The van der Waals surface area contributed by atoms with Crippen LogP contribution in [0.3, 0.4) is 0 Å². The zero-order valence-corrected chi connectivity index (χ0v) is 16.9. The van der Waals surface area contributed by atoms with Gasteiger partial charge in [-0.1, -0.05) is 12.1 Å². The molecule has 0 bridgehead atoms. The van der Waals surface area contributed by atoms with Crippen molar-refractivity contribution in [3.8, 4) is 5.75 Å². The first-order valence-electron chi connectivity index (χ1n) is 10.7. The van der Waals surface area contributed by atoms with E-state index in [1.807, 2.05) is 53.6 Å². The Morgan fingerprint density at radius 3 is 2.83 bits per heavy atom. The number of piperidine rings is 1. The second kappa shape index (κ2) is 8.44. The molecular weight excluding hydrogens is 380 g/mol. The van der Waals surface area contributed by atoms with Crippen LogP contribution in [0, 0.1) is 0 Å². The smallest absolute Gasteiger partial charge is 0.253 e. The van der Waals surface area contributed by atoms with Crippen LogP contribution < -0.4 is 4.74 Å². The van der Waals surface area contributed by atoms with Crippen molar-refractivity contribution >= 4 is 11.6 Å². The number of hydrogen-bond acceptors (Lipinski definition) is 5. The second-order valence-electron chi connectivity index (χ2n) is 8.03. The van der Waals surface area contributed by atoms with Crippen LogP contribution in [0.15, 0.2) is 48.7 Å². The van der Waals surface area contributed by atoms with Crippen LogP contribution >= 0.6 is 0 Å². The molecule has 0 unspecified atom stereocenters. The Bertz CT molecular complexity index is 1020. The van der Waals surface area contributed by atoms with Gasteiger partial charge < -0.3 is 14.4 Å². The summed E-state index contributed by atoms with van der Waals surface area (Å²) in [5, 5.41) is 8.66. The van der Waals surface area contributed by atoms with Gasteiger partial charge in [-0.3, -0.25) is 9.20 Å². The first-order valence-corrected chi connectivity index (χ1v) is 10.7. The van der Waals surface area contributed by atoms with Gasteiger partial charge in [-0.25, -0.2) is 0 Å². The van der Waals surface area contributed by atoms with E-state index in [0.717, 1.165) is 49.5 Å². The number of carbonyl (C=O) groups excluding carboxylic acids is 1. The molecule has 2 aliphatic rings. The first-order chi connectivity index (χ1) is 14.8. The highest BCUT2D eigenvalue weighted by atomic mass is 16.5. The third-order valence-corrected chi connectivity index (χ3v) is 6.03. The van der Waals surface area contributed by atoms with Crippen molar-refractivity contribution in [1.29, 1.82) is 0 Å². The van der Waals surface area contributed by atoms with Gasteiger partial charge in [0.2, 0.25) is 0 Å². The van der Waals surface area contributed by atoms with Crippen LogP contribution in [0.2, 0.25) is 0 Å². The summed E-state index contributed by atoms with van der Waals surface area (Å²) in [4.78, 5) is 15.0. The highest BCUT2D eigenvalue weighted by Gasteiger charge is 2.27. The monoisotopic (exact) mass is 406 g/mol. The number of amides is 1. The number of aromatic nitrogens is 3. The van der Waals surface area contributed by atoms with Gasteiger partial charge in [0, 0.05) is 37.4 Å². The van der Waals surface area contributed by atoms with Gasteiger partial charge in [-0.2, -0.15) is 0 Å². The minimum atomic E-state index is 0.0575. The summed E-state index contributed by atoms with van der Waals surface area (Å²) in [7, 11) is 0. The normalized spacial score (nSPS) is 20.0. The topological polar surface area (TPSA) is 69.0 Å². The predicted molar refractivity (Wildman–Crippen MR) is 112 cm³/mol. The average molecular weight is 406 g/mol. The lowest BCUT2D eigenvalue weighted by Gasteiger charge is -2.31. The van der Waals surface area contributed by atoms with Gasteiger partial charge in [0.15, 0.2) is 5.65 Å². The number of benzene rings is 1. The molecule has 0 radical (unpaired) electrons. The minimum Gasteiger partial charge on any atom is -0.491 e. The number of rotatable bonds is 5. The molecule has 5 rings (SSSR count). The number of fused-ring (bicyclic) bond motifs is 1. The molecule has 2 aliphatic heterocycles. The van der Waals surface area contributed by atoms with Crippen LogP contribution in [0.4, 0.5) is 0 Å². The number of carbonyl (C=O) groups is 1. The van der Waals surface area contributed by atoms with E-state index in [1.54, 1.807) is 0 Å². The molecule has 3 aromatic rings. The van der Waals surface area contributed by atoms with Crippen LogP contribution in [0.1, 0.15) is 47.8 Å². The van der Waals surface area contributed by atoms with Crippen LogP contribution in [-0.4, -0.2) is 57.8 Å². The van der Waals surface area contributed by atoms with Crippen molar-refractivity contribution in [2.24, 2.45) is 0 Å². The minimum absolute atomic E-state index is 0.0575. The number of likely N-dealkylation sites (tertiary alicyclic amines) is 1. The maximum absolute atomic E-state index is 13.0. The Balaban J connectivity index is 1.21. The molecule has 0 spiro atoms. The summed E-state index contributed by atoms with van der Waals surface area (Å²) in [6.45, 7) is 2.78. The largest absolute Gasteiger partial charge is 0.491 e. The molecular formula is C23H26N4O3. The number of nitrogens with zero attached hydrogens (tertiary/aromatic N) is 4. The van der Waals surface area contributed by atoms with Gasteiger partial charge in [0.25, 0.3) is 5.91 Å². The number of pyridine rings is 1. The molecule has 1 atom stereocenters. The van der Waals surface area contributed by atoms with E-state index in [0.29, 0.717) is 31.2 Å². The fraction of sp³-hybridized carbons (Fsp3) is 0.435. The highest BCUT2D eigenvalue weighted by Crippen LogP contribution is 2.28. The van der Waals surface area contributed by atoms with E-state index < -0.39 is 0 Å². The summed E-state index contributed by atoms with van der Waals surface area (Å²) in [5.74, 6) is 2.08. The van der Waals surface area contributed by atoms with Gasteiger partial charge >= 0.3 is 0 Å². The Labute approximate surface area is 175 Å². The average Bonchev–Trinajstić information content (AvgIpc) is 3.47. The first kappa shape index (κ1) is 19.1. The van der Waals surface area contributed by atoms with Crippen molar-refractivity contribution < 1.29 is 14.3 Å². The molecule has 156 valence electrons. The van der Waals surface area contributed by atoms with Crippen molar-refractivity contribution in [3.05, 3.63) is 60.0 Å². The van der Waals surface area contributed by atoms with E-state index >= 15 is 0 Å². The third-order valence-electron chi connectivity index (χ3n) is 6.03. The van der Waals surface area contributed by atoms with Gasteiger partial charge in [-0.05, 0) is 56.0 Å². The molecule has 1 amide bonds. The molecule has 2 fully saturated rings. The van der Waals surface area contributed by atoms with Gasteiger partial charge in [0.05, 0.1) is 6.10 Å². The standard InChI is InChI=1S/C23H26N4O3/c28-23(18-5-3-6-19(15-18)30-16-20-7-4-14-29-20)26-12-9-17(10-13-26)22-25-24-21-8-1-2-11-27(21)22/h1-3,5-6,8,11,15,17,20H,4,7,9-10,12-14,16H2/t20-/m0/s1. The molecule has 30 heavy (non-hydrogen) atoms. The quantitative estimate of drug-likeness (QED) is 0.650. The molecule has 2 saturated heterocycles. The van der Waals surface area contributed by atoms with Crippen molar-refractivity contribution in [3.63, 3.8) is 0 Å². The summed E-state index contributed by atoms with van der Waals surface area (Å²) in [5.41, 5.74) is 1.54. The summed E-state index contributed by atoms with van der Waals surface area (Å²) < 4.78 is 13.5. The molecule has 1 aromatic carbocycles. The van der Waals surface area contributed by atoms with E-state index in [1.165, 1.54) is 0 Å². The lowest BCUT2D eigenvalue weighted by atomic mass is 9.95. The second-order valence-corrected chi connectivity index (χ2v) is 8.03. The predicted octanol–water partition coefficient (Wildman–Crippen LogP) is 3.31. The van der Waals surface area contributed by atoms with Gasteiger partial charge in [-0.15, -0.1) is 10.2 Å². The summed E-state index contributed by atoms with van der Waals surface area (Å²) in [6, 6.07) is 13.4. The fourth-order valence-corrected chi connectivity index (χ4v) is 4.35. The molecule has 0 saturated carbocycles. The Hall–Kier alpha value is -2.93.